The molecule has 35 heavy (non-hydrogen) atoms. The minimum atomic E-state index is -0.577. The second kappa shape index (κ2) is 8.45. The van der Waals surface area contributed by atoms with Crippen molar-refractivity contribution in [2.24, 2.45) is 0 Å². The van der Waals surface area contributed by atoms with Crippen molar-refractivity contribution in [1.82, 2.24) is 4.90 Å². The van der Waals surface area contributed by atoms with Crippen molar-refractivity contribution in [3.8, 4) is 17.2 Å². The topological polar surface area (TPSA) is 137 Å². The van der Waals surface area contributed by atoms with Crippen molar-refractivity contribution in [3.05, 3.63) is 87.0 Å². The molecule has 0 unspecified atom stereocenters. The van der Waals surface area contributed by atoms with Crippen LogP contribution in [0.15, 0.2) is 54.6 Å². The highest BCUT2D eigenvalue weighted by molar-refractivity contribution is 6.22. The number of benzene rings is 3. The molecule has 0 bridgehead atoms. The number of methoxy groups -OCH3 is 1. The molecule has 3 aromatic carbocycles. The smallest absolute Gasteiger partial charge is 0.273 e. The number of nitrogens with zero attached hydrogens (tertiary/aromatic N) is 2. The molecule has 3 aromatic rings. The van der Waals surface area contributed by atoms with Crippen LogP contribution in [-0.2, 0) is 6.54 Å². The highest BCUT2D eigenvalue weighted by Crippen LogP contribution is 2.34. The molecule has 0 aromatic heterocycles. The molecule has 1 N–H and O–H groups in total. The third-order valence-corrected chi connectivity index (χ3v) is 5.65. The Morgan fingerprint density at radius 1 is 1.03 bits per heavy atom. The van der Waals surface area contributed by atoms with Crippen LogP contribution in [0.25, 0.3) is 0 Å². The van der Waals surface area contributed by atoms with E-state index in [1.54, 1.807) is 18.2 Å². The van der Waals surface area contributed by atoms with Crippen molar-refractivity contribution in [1.29, 1.82) is 0 Å². The summed E-state index contributed by atoms with van der Waals surface area (Å²) in [6, 6.07) is 13.1. The van der Waals surface area contributed by atoms with E-state index >= 15 is 0 Å². The Kier molecular flexibility index (Phi) is 5.28. The molecule has 0 radical (unpaired) electrons. The van der Waals surface area contributed by atoms with E-state index in [1.807, 2.05) is 0 Å². The molecule has 0 aliphatic carbocycles. The maximum absolute atomic E-state index is 13.0. The number of anilines is 1. The zero-order chi connectivity index (χ0) is 24.7. The van der Waals surface area contributed by atoms with Gasteiger partial charge >= 0.3 is 0 Å². The number of imide groups is 1. The van der Waals surface area contributed by atoms with Gasteiger partial charge < -0.3 is 19.5 Å². The first-order valence-electron chi connectivity index (χ1n) is 10.4. The maximum Gasteiger partial charge on any atom is 0.273 e. The Balaban J connectivity index is 1.36. The zero-order valence-corrected chi connectivity index (χ0v) is 18.3. The summed E-state index contributed by atoms with van der Waals surface area (Å²) in [5.41, 5.74) is 1.15. The lowest BCUT2D eigenvalue weighted by Gasteiger charge is -2.14. The minimum Gasteiger partial charge on any atom is -0.494 e. The van der Waals surface area contributed by atoms with Gasteiger partial charge in [0.2, 0.25) is 6.79 Å². The van der Waals surface area contributed by atoms with Crippen molar-refractivity contribution < 1.29 is 33.5 Å². The van der Waals surface area contributed by atoms with Gasteiger partial charge in [-0.25, -0.2) is 0 Å². The fourth-order valence-electron chi connectivity index (χ4n) is 3.89. The molecule has 3 amide bonds. The predicted octanol–water partition coefficient (Wildman–Crippen LogP) is 3.38. The monoisotopic (exact) mass is 475 g/mol. The molecular formula is C24H17N3O8. The number of amides is 3. The molecule has 0 saturated carbocycles. The summed E-state index contributed by atoms with van der Waals surface area (Å²) in [4.78, 5) is 50.2. The van der Waals surface area contributed by atoms with Crippen molar-refractivity contribution in [2.75, 3.05) is 19.2 Å². The summed E-state index contributed by atoms with van der Waals surface area (Å²) in [6.07, 6.45) is 0. The number of non-ortho nitro benzene ring substituents is 1. The predicted molar refractivity (Wildman–Crippen MR) is 121 cm³/mol. The highest BCUT2D eigenvalue weighted by Gasteiger charge is 2.36. The normalized spacial score (nSPS) is 13.6. The number of hydrogen-bond acceptors (Lipinski definition) is 8. The van der Waals surface area contributed by atoms with Crippen LogP contribution < -0.4 is 19.5 Å². The van der Waals surface area contributed by atoms with Crippen LogP contribution in [0.3, 0.4) is 0 Å². The molecule has 0 atom stereocenters. The van der Waals surface area contributed by atoms with Crippen LogP contribution in [0, 0.1) is 10.1 Å². The third-order valence-electron chi connectivity index (χ3n) is 5.65. The average molecular weight is 475 g/mol. The SMILES string of the molecule is COc1cc([N+](=O)[O-])ccc1NC(=O)c1ccc2c(c1)C(=O)N(Cc1ccc3c(c1)OCO3)C2=O. The largest absolute Gasteiger partial charge is 0.494 e. The number of nitro benzene ring substituents is 1. The van der Waals surface area contributed by atoms with Gasteiger partial charge in [0, 0.05) is 11.6 Å². The standard InChI is InChI=1S/C24H17N3O8/c1-33-20-10-15(27(31)32)4-6-18(20)25-22(28)14-3-5-16-17(9-14)24(30)26(23(16)29)11-13-2-7-19-21(8-13)35-12-34-19/h2-10H,11-12H2,1H3,(H,25,28). The molecule has 2 aliphatic rings. The Morgan fingerprint density at radius 2 is 1.80 bits per heavy atom. The van der Waals surface area contributed by atoms with E-state index in [0.717, 1.165) is 4.90 Å². The summed E-state index contributed by atoms with van der Waals surface area (Å²) in [6.45, 7) is 0.146. The quantitative estimate of drug-likeness (QED) is 0.325. The number of nitrogens with one attached hydrogen (secondary N) is 1. The Bertz CT molecular complexity index is 1420. The van der Waals surface area contributed by atoms with Gasteiger partial charge in [-0.1, -0.05) is 6.07 Å². The summed E-state index contributed by atoms with van der Waals surface area (Å²) in [5.74, 6) is -0.322. The molecule has 0 spiro atoms. The van der Waals surface area contributed by atoms with Crippen LogP contribution in [0.5, 0.6) is 17.2 Å². The van der Waals surface area contributed by atoms with E-state index in [1.165, 1.54) is 43.5 Å². The highest BCUT2D eigenvalue weighted by atomic mass is 16.7. The molecule has 2 heterocycles. The summed E-state index contributed by atoms with van der Waals surface area (Å²) in [7, 11) is 1.32. The van der Waals surface area contributed by atoms with Crippen molar-refractivity contribution in [2.45, 2.75) is 6.54 Å². The zero-order valence-electron chi connectivity index (χ0n) is 18.3. The van der Waals surface area contributed by atoms with E-state index in [4.69, 9.17) is 14.2 Å². The van der Waals surface area contributed by atoms with Gasteiger partial charge in [0.25, 0.3) is 23.4 Å². The summed E-state index contributed by atoms with van der Waals surface area (Å²) in [5, 5.41) is 13.6. The molecule has 0 fully saturated rings. The Hall–Kier alpha value is -4.93. The van der Waals surface area contributed by atoms with Gasteiger partial charge in [-0.2, -0.15) is 0 Å². The van der Waals surface area contributed by atoms with E-state index < -0.39 is 22.6 Å². The van der Waals surface area contributed by atoms with Gasteiger partial charge in [0.15, 0.2) is 11.5 Å². The molecule has 2 aliphatic heterocycles. The first kappa shape index (κ1) is 21.9. The Morgan fingerprint density at radius 3 is 2.57 bits per heavy atom. The van der Waals surface area contributed by atoms with Crippen LogP contribution in [-0.4, -0.2) is 41.4 Å². The second-order valence-electron chi connectivity index (χ2n) is 7.74. The molecular weight excluding hydrogens is 458 g/mol. The lowest BCUT2D eigenvalue weighted by molar-refractivity contribution is -0.384. The third kappa shape index (κ3) is 3.88. The molecule has 5 rings (SSSR count). The lowest BCUT2D eigenvalue weighted by atomic mass is 10.1. The molecule has 11 heteroatoms. The first-order valence-corrected chi connectivity index (χ1v) is 10.4. The number of hydrogen-bond donors (Lipinski definition) is 1. The fraction of sp³-hybridized carbons (Fsp3) is 0.125. The minimum absolute atomic E-state index is 0.0323. The maximum atomic E-state index is 13.0. The van der Waals surface area contributed by atoms with Gasteiger partial charge in [-0.05, 0) is 42.0 Å². The number of carbonyl (C=O) groups is 3. The van der Waals surface area contributed by atoms with Crippen LogP contribution in [0.4, 0.5) is 11.4 Å². The van der Waals surface area contributed by atoms with E-state index in [2.05, 4.69) is 5.32 Å². The number of rotatable bonds is 6. The van der Waals surface area contributed by atoms with Crippen LogP contribution in [0.1, 0.15) is 36.6 Å². The number of ether oxygens (including phenoxy) is 3. The van der Waals surface area contributed by atoms with E-state index in [9.17, 15) is 24.5 Å². The number of carbonyl (C=O) groups excluding carboxylic acids is 3. The van der Waals surface area contributed by atoms with E-state index in [0.29, 0.717) is 17.1 Å². The van der Waals surface area contributed by atoms with Crippen LogP contribution >= 0.6 is 0 Å². The summed E-state index contributed by atoms with van der Waals surface area (Å²) < 4.78 is 15.8. The van der Waals surface area contributed by atoms with Crippen molar-refractivity contribution >= 4 is 29.1 Å². The van der Waals surface area contributed by atoms with E-state index in [-0.39, 0.29) is 47.2 Å². The summed E-state index contributed by atoms with van der Waals surface area (Å²) >= 11 is 0. The Labute approximate surface area is 198 Å². The van der Waals surface area contributed by atoms with Gasteiger partial charge in [-0.15, -0.1) is 0 Å². The lowest BCUT2D eigenvalue weighted by Crippen LogP contribution is -2.29. The number of fused-ring (bicyclic) bond motifs is 2. The first-order chi connectivity index (χ1) is 16.9. The van der Waals surface area contributed by atoms with Gasteiger partial charge in [-0.3, -0.25) is 29.4 Å². The fourth-order valence-corrected chi connectivity index (χ4v) is 3.89. The van der Waals surface area contributed by atoms with Gasteiger partial charge in [0.1, 0.15) is 5.75 Å². The molecule has 176 valence electrons. The number of nitro groups is 1. The van der Waals surface area contributed by atoms with Crippen molar-refractivity contribution in [3.63, 3.8) is 0 Å². The molecule has 0 saturated heterocycles. The molecule has 11 nitrogen and oxygen atoms in total. The van der Waals surface area contributed by atoms with Gasteiger partial charge in [0.05, 0.1) is 41.5 Å². The average Bonchev–Trinajstić information content (AvgIpc) is 3.42. The van der Waals surface area contributed by atoms with Crippen LogP contribution in [0.2, 0.25) is 0 Å². The second-order valence-corrected chi connectivity index (χ2v) is 7.74.